The molecule has 0 saturated heterocycles. The molecule has 0 fully saturated rings. The van der Waals surface area contributed by atoms with E-state index in [2.05, 4.69) is 25.7 Å². The van der Waals surface area contributed by atoms with Crippen LogP contribution in [0.5, 0.6) is 0 Å². The minimum absolute atomic E-state index is 0.480. The van der Waals surface area contributed by atoms with Crippen molar-refractivity contribution in [2.75, 3.05) is 6.54 Å². The Kier molecular flexibility index (Phi) is 5.76. The highest BCUT2D eigenvalue weighted by atomic mass is 16.3. The van der Waals surface area contributed by atoms with Gasteiger partial charge in [-0.05, 0) is 36.6 Å². The first kappa shape index (κ1) is 13.8. The van der Waals surface area contributed by atoms with E-state index in [-0.39, 0.29) is 0 Å². The van der Waals surface area contributed by atoms with Crippen LogP contribution in [0.25, 0.3) is 0 Å². The monoisotopic (exact) mass is 231 g/mol. The fraction of sp³-hybridized carbons (Fsp3) is 0.467. The molecule has 3 N–H and O–H groups in total. The van der Waals surface area contributed by atoms with Gasteiger partial charge in [0.1, 0.15) is 0 Å². The van der Waals surface area contributed by atoms with Gasteiger partial charge in [0.15, 0.2) is 0 Å². The Bertz CT molecular complexity index is 401. The molecule has 0 heterocycles. The number of benzene rings is 1. The zero-order valence-corrected chi connectivity index (χ0v) is 10.6. The molecule has 0 aliphatic heterocycles. The molecule has 17 heavy (non-hydrogen) atoms. The molecule has 1 rings (SSSR count). The average Bonchev–Trinajstić information content (AvgIpc) is 2.29. The summed E-state index contributed by atoms with van der Waals surface area (Å²) in [6, 6.07) is 7.74. The van der Waals surface area contributed by atoms with Gasteiger partial charge in [-0.25, -0.2) is 0 Å². The maximum atomic E-state index is 9.83. The van der Waals surface area contributed by atoms with Gasteiger partial charge in [-0.1, -0.05) is 37.8 Å². The van der Waals surface area contributed by atoms with Crippen LogP contribution in [0.1, 0.15) is 43.9 Å². The van der Waals surface area contributed by atoms with Crippen LogP contribution in [0.4, 0.5) is 0 Å². The Balaban J connectivity index is 2.74. The fourth-order valence-corrected chi connectivity index (χ4v) is 1.51. The zero-order chi connectivity index (χ0) is 12.7. The fourth-order valence-electron chi connectivity index (χ4n) is 1.51. The summed E-state index contributed by atoms with van der Waals surface area (Å²) in [5.74, 6) is 6.86. The van der Waals surface area contributed by atoms with Gasteiger partial charge in [-0.3, -0.25) is 0 Å². The molecule has 0 spiro atoms. The number of aliphatic hydroxyl groups excluding tert-OH is 1. The van der Waals surface area contributed by atoms with Crippen LogP contribution in [0.2, 0.25) is 0 Å². The summed E-state index contributed by atoms with van der Waals surface area (Å²) < 4.78 is 0. The van der Waals surface area contributed by atoms with E-state index in [9.17, 15) is 5.11 Å². The summed E-state index contributed by atoms with van der Waals surface area (Å²) in [7, 11) is 0. The third kappa shape index (κ3) is 5.04. The maximum Gasteiger partial charge on any atom is 0.0802 e. The standard InChI is InChI=1S/C15H21NO/c1-12(2)5-3-6-13-7-4-8-14(11-13)15(17)9-10-16/h4,7-8,11-12,15,17H,5,9-10,16H2,1-2H3. The second kappa shape index (κ2) is 7.11. The molecular weight excluding hydrogens is 210 g/mol. The molecular formula is C15H21NO. The van der Waals surface area contributed by atoms with Gasteiger partial charge in [0.25, 0.3) is 0 Å². The van der Waals surface area contributed by atoms with E-state index in [4.69, 9.17) is 5.73 Å². The molecule has 1 aromatic carbocycles. The molecule has 0 amide bonds. The Morgan fingerprint density at radius 1 is 1.35 bits per heavy atom. The minimum Gasteiger partial charge on any atom is -0.388 e. The van der Waals surface area contributed by atoms with Crippen LogP contribution in [-0.2, 0) is 0 Å². The highest BCUT2D eigenvalue weighted by Crippen LogP contribution is 2.16. The Hall–Kier alpha value is -1.30. The molecule has 0 aliphatic rings. The van der Waals surface area contributed by atoms with Crippen LogP contribution >= 0.6 is 0 Å². The quantitative estimate of drug-likeness (QED) is 0.782. The van der Waals surface area contributed by atoms with Gasteiger partial charge in [-0.15, -0.1) is 0 Å². The largest absolute Gasteiger partial charge is 0.388 e. The van der Waals surface area contributed by atoms with Gasteiger partial charge in [0, 0.05) is 12.0 Å². The number of hydrogen-bond donors (Lipinski definition) is 2. The lowest BCUT2D eigenvalue weighted by molar-refractivity contribution is 0.170. The van der Waals surface area contributed by atoms with E-state index < -0.39 is 6.10 Å². The third-order valence-electron chi connectivity index (χ3n) is 2.45. The summed E-state index contributed by atoms with van der Waals surface area (Å²) in [6.45, 7) is 4.79. The zero-order valence-electron chi connectivity index (χ0n) is 10.6. The smallest absolute Gasteiger partial charge is 0.0802 e. The van der Waals surface area contributed by atoms with Crippen LogP contribution in [0.15, 0.2) is 24.3 Å². The Labute approximate surface area is 104 Å². The summed E-state index contributed by atoms with van der Waals surface area (Å²) in [4.78, 5) is 0. The van der Waals surface area contributed by atoms with Crippen molar-refractivity contribution in [1.82, 2.24) is 0 Å². The lowest BCUT2D eigenvalue weighted by atomic mass is 10.0. The average molecular weight is 231 g/mol. The van der Waals surface area contributed by atoms with E-state index in [0.717, 1.165) is 17.5 Å². The highest BCUT2D eigenvalue weighted by molar-refractivity contribution is 5.37. The first-order valence-electron chi connectivity index (χ1n) is 6.10. The first-order chi connectivity index (χ1) is 8.13. The Morgan fingerprint density at radius 3 is 2.76 bits per heavy atom. The molecule has 0 saturated carbocycles. The van der Waals surface area contributed by atoms with Crippen molar-refractivity contribution < 1.29 is 5.11 Å². The normalized spacial score (nSPS) is 12.1. The van der Waals surface area contributed by atoms with E-state index >= 15 is 0 Å². The van der Waals surface area contributed by atoms with Crippen molar-refractivity contribution in [1.29, 1.82) is 0 Å². The van der Waals surface area contributed by atoms with Gasteiger partial charge in [0.05, 0.1) is 6.10 Å². The second-order valence-electron chi connectivity index (χ2n) is 4.62. The number of nitrogens with two attached hydrogens (primary N) is 1. The van der Waals surface area contributed by atoms with Crippen molar-refractivity contribution in [3.8, 4) is 11.8 Å². The lowest BCUT2D eigenvalue weighted by Crippen LogP contribution is -2.06. The van der Waals surface area contributed by atoms with Crippen molar-refractivity contribution >= 4 is 0 Å². The molecule has 92 valence electrons. The molecule has 2 heteroatoms. The molecule has 0 radical (unpaired) electrons. The molecule has 1 atom stereocenters. The lowest BCUT2D eigenvalue weighted by Gasteiger charge is -2.09. The molecule has 2 nitrogen and oxygen atoms in total. The van der Waals surface area contributed by atoms with Crippen molar-refractivity contribution in [3.63, 3.8) is 0 Å². The van der Waals surface area contributed by atoms with Gasteiger partial charge >= 0.3 is 0 Å². The summed E-state index contributed by atoms with van der Waals surface area (Å²) in [6.07, 6.45) is 1.00. The van der Waals surface area contributed by atoms with Gasteiger partial charge in [0.2, 0.25) is 0 Å². The Morgan fingerprint density at radius 2 is 2.12 bits per heavy atom. The molecule has 0 aromatic heterocycles. The van der Waals surface area contributed by atoms with Crippen LogP contribution < -0.4 is 5.73 Å². The molecule has 1 unspecified atom stereocenters. The first-order valence-corrected chi connectivity index (χ1v) is 6.10. The summed E-state index contributed by atoms with van der Waals surface area (Å²) in [5, 5.41) is 9.83. The maximum absolute atomic E-state index is 9.83. The van der Waals surface area contributed by atoms with E-state index in [1.165, 1.54) is 0 Å². The second-order valence-corrected chi connectivity index (χ2v) is 4.62. The van der Waals surface area contributed by atoms with Gasteiger partial charge < -0.3 is 10.8 Å². The topological polar surface area (TPSA) is 46.2 Å². The minimum atomic E-state index is -0.480. The van der Waals surface area contributed by atoms with E-state index in [0.29, 0.717) is 18.9 Å². The molecule has 1 aromatic rings. The van der Waals surface area contributed by atoms with Crippen molar-refractivity contribution in [2.45, 2.75) is 32.8 Å². The van der Waals surface area contributed by atoms with Crippen LogP contribution in [0.3, 0.4) is 0 Å². The van der Waals surface area contributed by atoms with Gasteiger partial charge in [-0.2, -0.15) is 0 Å². The van der Waals surface area contributed by atoms with E-state index in [1.807, 2.05) is 24.3 Å². The molecule has 0 aliphatic carbocycles. The number of aliphatic hydroxyl groups is 1. The van der Waals surface area contributed by atoms with Crippen LogP contribution in [-0.4, -0.2) is 11.7 Å². The number of rotatable bonds is 4. The SMILES string of the molecule is CC(C)CC#Cc1cccc(C(O)CCN)c1. The summed E-state index contributed by atoms with van der Waals surface area (Å²) in [5.41, 5.74) is 7.28. The van der Waals surface area contributed by atoms with Crippen molar-refractivity contribution in [2.24, 2.45) is 11.7 Å². The van der Waals surface area contributed by atoms with E-state index in [1.54, 1.807) is 0 Å². The summed E-state index contributed by atoms with van der Waals surface area (Å²) >= 11 is 0. The predicted octanol–water partition coefficient (Wildman–Crippen LogP) is 2.47. The van der Waals surface area contributed by atoms with Crippen LogP contribution in [0, 0.1) is 17.8 Å². The van der Waals surface area contributed by atoms with Crippen molar-refractivity contribution in [3.05, 3.63) is 35.4 Å². The number of hydrogen-bond acceptors (Lipinski definition) is 2. The molecule has 0 bridgehead atoms. The third-order valence-corrected chi connectivity index (χ3v) is 2.45. The highest BCUT2D eigenvalue weighted by Gasteiger charge is 2.05. The predicted molar refractivity (Wildman–Crippen MR) is 71.4 cm³/mol.